The Morgan fingerprint density at radius 1 is 0.316 bits per heavy atom. The van der Waals surface area contributed by atoms with Crippen LogP contribution in [0, 0.1) is 58.6 Å². The molecule has 3 aromatic rings. The molecule has 0 spiro atoms. The van der Waals surface area contributed by atoms with E-state index in [0.717, 1.165) is 0 Å². The minimum Gasteiger partial charge on any atom is -0.184 e. The molecule has 93 valence electrons. The Morgan fingerprint density at radius 3 is 0.579 bits per heavy atom. The summed E-state index contributed by atoms with van der Waals surface area (Å²) in [5.41, 5.74) is 0. The van der Waals surface area contributed by atoms with Crippen molar-refractivity contribution in [2.24, 2.45) is 0 Å². The monoisotopic (exact) mass is 383 g/mol. The second kappa shape index (κ2) is 15.1. The maximum atomic E-state index is 2.89. The van der Waals surface area contributed by atoms with Gasteiger partial charge in [-0.05, 0) is 0 Å². The van der Waals surface area contributed by atoms with Crippen LogP contribution >= 0.6 is 0 Å². The minimum atomic E-state index is 0. The number of benzene rings is 3. The number of rotatable bonds is 0. The Bertz CT molecular complexity index is 296. The van der Waals surface area contributed by atoms with Gasteiger partial charge in [-0.3, -0.25) is 0 Å². The van der Waals surface area contributed by atoms with Crippen molar-refractivity contribution in [3.05, 3.63) is 109 Å². The van der Waals surface area contributed by atoms with Gasteiger partial charge in [0, 0.05) is 0 Å². The predicted octanol–water partition coefficient (Wildman–Crippen LogP) is 4.46. The van der Waals surface area contributed by atoms with Gasteiger partial charge in [-0.25, -0.2) is 0 Å². The quantitative estimate of drug-likeness (QED) is 0.504. The molecule has 0 N–H and O–H groups in total. The largest absolute Gasteiger partial charge is 3.00 e. The van der Waals surface area contributed by atoms with E-state index >= 15 is 0 Å². The normalized spacial score (nSPS) is 7.58. The van der Waals surface area contributed by atoms with E-state index in [9.17, 15) is 0 Å². The second-order valence-electron chi connectivity index (χ2n) is 3.23. The summed E-state index contributed by atoms with van der Waals surface area (Å²) in [6.07, 6.45) is 0. The molecule has 0 aromatic heterocycles. The van der Waals surface area contributed by atoms with Gasteiger partial charge < -0.3 is 0 Å². The van der Waals surface area contributed by atoms with Crippen LogP contribution in [0.15, 0.2) is 91.0 Å². The van der Waals surface area contributed by atoms with E-state index in [-0.39, 0.29) is 40.4 Å². The van der Waals surface area contributed by atoms with Gasteiger partial charge in [0.15, 0.2) is 0 Å². The molecule has 0 saturated carbocycles. The molecule has 3 aromatic carbocycles. The fourth-order valence-corrected chi connectivity index (χ4v) is 1.03. The van der Waals surface area contributed by atoms with Gasteiger partial charge in [-0.1, -0.05) is 0 Å². The molecule has 1 radical (unpaired) electrons. The zero-order valence-electron chi connectivity index (χ0n) is 10.6. The fraction of sp³-hybridized carbons (Fsp3) is 0. The van der Waals surface area contributed by atoms with E-state index in [1.807, 2.05) is 91.0 Å². The van der Waals surface area contributed by atoms with Crippen LogP contribution in [0.5, 0.6) is 0 Å². The van der Waals surface area contributed by atoms with Crippen molar-refractivity contribution < 1.29 is 40.4 Å². The molecule has 0 amide bonds. The Balaban J connectivity index is 0.000000249. The van der Waals surface area contributed by atoms with E-state index < -0.39 is 0 Å². The maximum Gasteiger partial charge on any atom is 3.00 e. The first kappa shape index (κ1) is 18.0. The Labute approximate surface area is 148 Å². The van der Waals surface area contributed by atoms with Gasteiger partial charge in [-0.2, -0.15) is 109 Å². The van der Waals surface area contributed by atoms with Crippen LogP contribution < -0.4 is 0 Å². The van der Waals surface area contributed by atoms with Crippen LogP contribution in [0.2, 0.25) is 0 Å². The molecule has 0 nitrogen and oxygen atoms in total. The van der Waals surface area contributed by atoms with E-state index in [1.54, 1.807) is 0 Å². The molecule has 0 saturated heterocycles. The van der Waals surface area contributed by atoms with Crippen LogP contribution in [-0.4, -0.2) is 0 Å². The van der Waals surface area contributed by atoms with Crippen LogP contribution in [0.1, 0.15) is 0 Å². The molecule has 0 atom stereocenters. The summed E-state index contributed by atoms with van der Waals surface area (Å²) in [6, 6.07) is 37.5. The van der Waals surface area contributed by atoms with Crippen molar-refractivity contribution in [1.29, 1.82) is 0 Å². The van der Waals surface area contributed by atoms with E-state index in [1.165, 1.54) is 0 Å². The summed E-state index contributed by atoms with van der Waals surface area (Å²) in [5.74, 6) is 0. The van der Waals surface area contributed by atoms with Gasteiger partial charge in [-0.15, -0.1) is 0 Å². The molecule has 0 aliphatic heterocycles. The van der Waals surface area contributed by atoms with E-state index in [4.69, 9.17) is 0 Å². The fourth-order valence-electron chi connectivity index (χ4n) is 1.03. The maximum absolute atomic E-state index is 2.89. The van der Waals surface area contributed by atoms with Gasteiger partial charge in [0.1, 0.15) is 0 Å². The molecule has 1 heteroatoms. The van der Waals surface area contributed by atoms with Crippen molar-refractivity contribution >= 4 is 0 Å². The van der Waals surface area contributed by atoms with Crippen LogP contribution in [-0.2, 0) is 0 Å². The van der Waals surface area contributed by atoms with Gasteiger partial charge in [0.2, 0.25) is 0 Å². The predicted molar refractivity (Wildman–Crippen MR) is 75.8 cm³/mol. The molecule has 0 aliphatic rings. The van der Waals surface area contributed by atoms with E-state index in [0.29, 0.717) is 0 Å². The average molecular weight is 382 g/mol. The van der Waals surface area contributed by atoms with Crippen LogP contribution in [0.4, 0.5) is 0 Å². The number of hydrogen-bond donors (Lipinski definition) is 0. The van der Waals surface area contributed by atoms with Gasteiger partial charge in [0.05, 0.1) is 0 Å². The molecule has 0 bridgehead atoms. The van der Waals surface area contributed by atoms with E-state index in [2.05, 4.69) is 18.2 Å². The zero-order valence-corrected chi connectivity index (χ0v) is 13.2. The van der Waals surface area contributed by atoms with Crippen molar-refractivity contribution in [2.75, 3.05) is 0 Å². The zero-order chi connectivity index (χ0) is 12.7. The smallest absolute Gasteiger partial charge is 0.184 e. The topological polar surface area (TPSA) is 0 Å². The van der Waals surface area contributed by atoms with Crippen LogP contribution in [0.3, 0.4) is 0 Å². The molecule has 3 rings (SSSR count). The summed E-state index contributed by atoms with van der Waals surface area (Å²) in [4.78, 5) is 0. The van der Waals surface area contributed by atoms with Gasteiger partial charge in [0.25, 0.3) is 0 Å². The Hall–Kier alpha value is -1.00. The molecular weight excluding hydrogens is 367 g/mol. The first-order valence-electron chi connectivity index (χ1n) is 5.73. The summed E-state index contributed by atoms with van der Waals surface area (Å²) >= 11 is 0. The first-order valence-corrected chi connectivity index (χ1v) is 5.73. The van der Waals surface area contributed by atoms with Crippen molar-refractivity contribution in [2.45, 2.75) is 0 Å². The first-order chi connectivity index (χ1) is 9.00. The van der Waals surface area contributed by atoms with Crippen molar-refractivity contribution in [3.8, 4) is 0 Å². The Kier molecular flexibility index (Phi) is 14.3. The summed E-state index contributed by atoms with van der Waals surface area (Å²) < 4.78 is 0. The third kappa shape index (κ3) is 13.2. The summed E-state index contributed by atoms with van der Waals surface area (Å²) in [5, 5.41) is 0. The average Bonchev–Trinajstić information content (AvgIpc) is 2.54. The van der Waals surface area contributed by atoms with Crippen molar-refractivity contribution in [3.63, 3.8) is 0 Å². The standard InChI is InChI=1S/3C6H5.Sm/c3*1-2-4-6-5-3-1;/h3*1-5H;/q3*-1;+3. The minimum absolute atomic E-state index is 0. The number of hydrogen-bond acceptors (Lipinski definition) is 0. The Morgan fingerprint density at radius 2 is 0.526 bits per heavy atom. The molecule has 0 unspecified atom stereocenters. The van der Waals surface area contributed by atoms with Crippen LogP contribution in [0.25, 0.3) is 0 Å². The molecule has 19 heavy (non-hydrogen) atoms. The molecule has 0 heterocycles. The summed E-state index contributed by atoms with van der Waals surface area (Å²) in [7, 11) is 0. The molecule has 0 aliphatic carbocycles. The summed E-state index contributed by atoms with van der Waals surface area (Å²) in [6.45, 7) is 0. The SMILES string of the molecule is [Sm+3].[c-]1ccccc1.[c-]1ccccc1.[c-]1ccccc1. The molecular formula is C18H15Sm. The second-order valence-corrected chi connectivity index (χ2v) is 3.23. The third-order valence-corrected chi connectivity index (χ3v) is 1.82. The van der Waals surface area contributed by atoms with Gasteiger partial charge >= 0.3 is 40.4 Å². The molecule has 0 fully saturated rings. The third-order valence-electron chi connectivity index (χ3n) is 1.82. The van der Waals surface area contributed by atoms with Crippen molar-refractivity contribution in [1.82, 2.24) is 0 Å².